The smallest absolute Gasteiger partial charge is 0.462 e. The van der Waals surface area contributed by atoms with E-state index in [4.69, 9.17) is 37.0 Å². The first-order valence-corrected chi connectivity index (χ1v) is 43.9. The zero-order valence-corrected chi connectivity index (χ0v) is 66.0. The quantitative estimate of drug-likeness (QED) is 0.0222. The molecular formula is C79H154O17P2. The molecule has 0 spiro atoms. The second-order valence-electron chi connectivity index (χ2n) is 29.4. The van der Waals surface area contributed by atoms with E-state index in [0.29, 0.717) is 25.7 Å². The summed E-state index contributed by atoms with van der Waals surface area (Å²) in [7, 11) is -9.91. The van der Waals surface area contributed by atoms with Gasteiger partial charge in [-0.25, -0.2) is 9.13 Å². The third kappa shape index (κ3) is 69.8. The number of hydrogen-bond donors (Lipinski definition) is 3. The van der Waals surface area contributed by atoms with E-state index in [-0.39, 0.29) is 25.7 Å². The van der Waals surface area contributed by atoms with Crippen LogP contribution in [0.1, 0.15) is 408 Å². The molecule has 0 aliphatic heterocycles. The molecule has 0 heterocycles. The fourth-order valence-electron chi connectivity index (χ4n) is 12.1. The van der Waals surface area contributed by atoms with Crippen molar-refractivity contribution >= 4 is 39.5 Å². The molecule has 3 N–H and O–H groups in total. The maximum absolute atomic E-state index is 13.1. The van der Waals surface area contributed by atoms with Gasteiger partial charge in [0.25, 0.3) is 0 Å². The zero-order valence-electron chi connectivity index (χ0n) is 64.3. The largest absolute Gasteiger partial charge is 0.472 e. The van der Waals surface area contributed by atoms with Crippen LogP contribution in [0.5, 0.6) is 0 Å². The van der Waals surface area contributed by atoms with Gasteiger partial charge in [0.15, 0.2) is 12.2 Å². The third-order valence-electron chi connectivity index (χ3n) is 19.1. The zero-order chi connectivity index (χ0) is 72.3. The van der Waals surface area contributed by atoms with Gasteiger partial charge in [-0.1, -0.05) is 357 Å². The van der Waals surface area contributed by atoms with E-state index < -0.39 is 97.5 Å². The molecule has 7 atom stereocenters. The van der Waals surface area contributed by atoms with E-state index in [1.54, 1.807) is 0 Å². The Kier molecular flexibility index (Phi) is 68.1. The van der Waals surface area contributed by atoms with E-state index in [1.807, 2.05) is 0 Å². The van der Waals surface area contributed by atoms with Crippen molar-refractivity contribution < 1.29 is 80.2 Å². The second-order valence-corrected chi connectivity index (χ2v) is 32.3. The molecular weight excluding hydrogens is 1280 g/mol. The first kappa shape index (κ1) is 96.1. The molecule has 0 aliphatic carbocycles. The summed E-state index contributed by atoms with van der Waals surface area (Å²) in [6, 6.07) is 0. The maximum atomic E-state index is 13.1. The molecule has 17 nitrogen and oxygen atoms in total. The van der Waals surface area contributed by atoms with Gasteiger partial charge in [-0.3, -0.25) is 37.3 Å². The lowest BCUT2D eigenvalue weighted by atomic mass is 9.99. The Hall–Kier alpha value is -1.94. The summed E-state index contributed by atoms with van der Waals surface area (Å²) in [6.45, 7) is 12.0. The van der Waals surface area contributed by atoms with Crippen LogP contribution < -0.4 is 0 Å². The highest BCUT2D eigenvalue weighted by Crippen LogP contribution is 2.45. The Balaban J connectivity index is 5.17. The molecule has 0 aliphatic rings. The van der Waals surface area contributed by atoms with Crippen molar-refractivity contribution in [3.63, 3.8) is 0 Å². The van der Waals surface area contributed by atoms with Gasteiger partial charge in [0, 0.05) is 25.7 Å². The summed E-state index contributed by atoms with van der Waals surface area (Å²) in [6.07, 6.45) is 57.0. The molecule has 0 aromatic carbocycles. The van der Waals surface area contributed by atoms with Gasteiger partial charge in [-0.2, -0.15) is 0 Å². The molecule has 0 aromatic heterocycles. The van der Waals surface area contributed by atoms with Crippen molar-refractivity contribution in [3.05, 3.63) is 0 Å². The second kappa shape index (κ2) is 69.4. The van der Waals surface area contributed by atoms with Crippen LogP contribution in [0.25, 0.3) is 0 Å². The van der Waals surface area contributed by atoms with Crippen molar-refractivity contribution in [3.8, 4) is 0 Å². The number of phosphoric ester groups is 2. The summed E-state index contributed by atoms with van der Waals surface area (Å²) < 4.78 is 68.5. The molecule has 582 valence electrons. The maximum Gasteiger partial charge on any atom is 0.472 e. The van der Waals surface area contributed by atoms with Gasteiger partial charge in [0.05, 0.1) is 26.4 Å². The highest BCUT2D eigenvalue weighted by Gasteiger charge is 2.30. The normalized spacial score (nSPS) is 14.6. The topological polar surface area (TPSA) is 237 Å². The molecule has 0 aromatic rings. The number of carbonyl (C=O) groups excluding carboxylic acids is 4. The van der Waals surface area contributed by atoms with E-state index in [0.717, 1.165) is 120 Å². The number of aliphatic hydroxyl groups excluding tert-OH is 1. The van der Waals surface area contributed by atoms with E-state index in [1.165, 1.54) is 205 Å². The van der Waals surface area contributed by atoms with Crippen LogP contribution in [-0.2, 0) is 65.4 Å². The number of aliphatic hydroxyl groups is 1. The summed E-state index contributed by atoms with van der Waals surface area (Å²) in [5, 5.41) is 10.6. The molecule has 0 radical (unpaired) electrons. The Labute approximate surface area is 600 Å². The molecule has 19 heteroatoms. The highest BCUT2D eigenvalue weighted by atomic mass is 31.2. The minimum Gasteiger partial charge on any atom is -0.462 e. The van der Waals surface area contributed by atoms with Crippen LogP contribution in [0.2, 0.25) is 0 Å². The van der Waals surface area contributed by atoms with Gasteiger partial charge >= 0.3 is 39.5 Å². The molecule has 0 amide bonds. The van der Waals surface area contributed by atoms with Crippen LogP contribution in [0.3, 0.4) is 0 Å². The minimum atomic E-state index is -4.96. The standard InChI is InChI=1S/C79H154O17P2/c1-8-11-12-13-36-46-53-60-76(81)89-66-74(96-79(84)63-56-49-42-35-34-39-45-52-59-72(7)10-3)68-93-97(85,86)91-64-73(80)65-92-98(87,88)94-69-75(67-90-77(82)61-54-47-40-32-28-24-21-20-22-26-30-37-43-50-57-70(4)5)95-78(83)62-55-48-41-33-29-25-19-17-15-14-16-18-23-27-31-38-44-51-58-71(6)9-2/h70-75,80H,8-69H2,1-7H3,(H,85,86)(H,87,88)/t71?,72?,73-,74+,75+/m0/s1. The first-order valence-electron chi connectivity index (χ1n) is 40.9. The number of carbonyl (C=O) groups is 4. The fourth-order valence-corrected chi connectivity index (χ4v) is 13.6. The van der Waals surface area contributed by atoms with Gasteiger partial charge in [-0.05, 0) is 43.4 Å². The lowest BCUT2D eigenvalue weighted by molar-refractivity contribution is -0.161. The summed E-state index contributed by atoms with van der Waals surface area (Å²) >= 11 is 0. The summed E-state index contributed by atoms with van der Waals surface area (Å²) in [5.41, 5.74) is 0. The van der Waals surface area contributed by atoms with Crippen molar-refractivity contribution in [2.45, 2.75) is 426 Å². The third-order valence-corrected chi connectivity index (χ3v) is 21.0. The fraction of sp³-hybridized carbons (Fsp3) is 0.949. The van der Waals surface area contributed by atoms with E-state index >= 15 is 0 Å². The van der Waals surface area contributed by atoms with Crippen molar-refractivity contribution in [2.24, 2.45) is 17.8 Å². The first-order chi connectivity index (χ1) is 47.3. The summed E-state index contributed by atoms with van der Waals surface area (Å²) in [4.78, 5) is 72.8. The molecule has 0 rings (SSSR count). The molecule has 0 saturated carbocycles. The monoisotopic (exact) mass is 1440 g/mol. The predicted molar refractivity (Wildman–Crippen MR) is 400 cm³/mol. The lowest BCUT2D eigenvalue weighted by Crippen LogP contribution is -2.30. The average molecular weight is 1440 g/mol. The van der Waals surface area contributed by atoms with E-state index in [2.05, 4.69) is 48.5 Å². The number of phosphoric acid groups is 2. The molecule has 0 fully saturated rings. The van der Waals surface area contributed by atoms with Crippen LogP contribution in [-0.4, -0.2) is 96.7 Å². The van der Waals surface area contributed by atoms with Gasteiger partial charge < -0.3 is 33.8 Å². The minimum absolute atomic E-state index is 0.105. The van der Waals surface area contributed by atoms with Crippen LogP contribution in [0, 0.1) is 17.8 Å². The highest BCUT2D eigenvalue weighted by molar-refractivity contribution is 7.47. The number of hydrogen-bond acceptors (Lipinski definition) is 15. The Morgan fingerprint density at radius 3 is 0.776 bits per heavy atom. The van der Waals surface area contributed by atoms with Gasteiger partial charge in [0.1, 0.15) is 19.3 Å². The summed E-state index contributed by atoms with van der Waals surface area (Å²) in [5.74, 6) is 0.320. The molecule has 98 heavy (non-hydrogen) atoms. The predicted octanol–water partition coefficient (Wildman–Crippen LogP) is 23.4. The number of esters is 4. The Morgan fingerprint density at radius 2 is 0.520 bits per heavy atom. The van der Waals surface area contributed by atoms with Crippen molar-refractivity contribution in [2.75, 3.05) is 39.6 Å². The van der Waals surface area contributed by atoms with E-state index in [9.17, 15) is 43.2 Å². The molecule has 0 saturated heterocycles. The van der Waals surface area contributed by atoms with Crippen LogP contribution in [0.15, 0.2) is 0 Å². The Morgan fingerprint density at radius 1 is 0.296 bits per heavy atom. The lowest BCUT2D eigenvalue weighted by Gasteiger charge is -2.21. The van der Waals surface area contributed by atoms with Gasteiger partial charge in [0.2, 0.25) is 0 Å². The van der Waals surface area contributed by atoms with Gasteiger partial charge in [-0.15, -0.1) is 0 Å². The number of unbranched alkanes of at least 4 members (excludes halogenated alkanes) is 43. The van der Waals surface area contributed by atoms with Crippen LogP contribution in [0.4, 0.5) is 0 Å². The van der Waals surface area contributed by atoms with Crippen LogP contribution >= 0.6 is 15.6 Å². The number of ether oxygens (including phenoxy) is 4. The average Bonchev–Trinajstić information content (AvgIpc) is 1.07. The van der Waals surface area contributed by atoms with Crippen molar-refractivity contribution in [1.82, 2.24) is 0 Å². The molecule has 0 bridgehead atoms. The molecule has 4 unspecified atom stereocenters. The number of rotatable bonds is 77. The van der Waals surface area contributed by atoms with Crippen molar-refractivity contribution in [1.29, 1.82) is 0 Å². The SMILES string of the molecule is CCCCCCCCCC(=O)OC[C@H](COP(=O)(O)OC[C@H](O)COP(=O)(O)OC[C@@H](COC(=O)CCCCCCCCCCCCCCCCC(C)C)OC(=O)CCCCCCCCCCCCCCCCCCCCC(C)CC)OC(=O)CCCCCCCCCCC(C)CC. The Bertz CT molecular complexity index is 1910.